The Morgan fingerprint density at radius 2 is 1.97 bits per heavy atom. The maximum atomic E-state index is 13.7. The first-order valence-corrected chi connectivity index (χ1v) is 11.0. The molecule has 1 saturated heterocycles. The van der Waals surface area contributed by atoms with Crippen LogP contribution in [0.3, 0.4) is 0 Å². The van der Waals surface area contributed by atoms with Crippen molar-refractivity contribution in [1.29, 1.82) is 0 Å². The number of benzene rings is 1. The number of carbonyl (C=O) groups is 1. The summed E-state index contributed by atoms with van der Waals surface area (Å²) in [6.45, 7) is 4.89. The minimum absolute atomic E-state index is 0.0529. The number of piperidine rings is 1. The minimum atomic E-state index is -2.46. The van der Waals surface area contributed by atoms with Gasteiger partial charge in [0.25, 0.3) is 12.3 Å². The second-order valence-electron chi connectivity index (χ2n) is 8.67. The number of halogens is 2. The maximum Gasteiger partial charge on any atom is 0.260 e. The Labute approximate surface area is 186 Å². The van der Waals surface area contributed by atoms with E-state index in [2.05, 4.69) is 10.4 Å². The monoisotopic (exact) mass is 448 g/mol. The third-order valence-electron chi connectivity index (χ3n) is 6.42. The molecule has 1 aromatic carbocycles. The van der Waals surface area contributed by atoms with Crippen molar-refractivity contribution in [2.24, 2.45) is 5.92 Å². The number of hydrogen-bond donors (Lipinski definition) is 1. The Kier molecular flexibility index (Phi) is 6.53. The van der Waals surface area contributed by atoms with Crippen LogP contribution >= 0.6 is 0 Å². The highest BCUT2D eigenvalue weighted by atomic mass is 19.3. The number of alkyl halides is 2. The molecule has 0 bridgehead atoms. The molecule has 7 nitrogen and oxygen atoms in total. The first-order valence-electron chi connectivity index (χ1n) is 11.0. The van der Waals surface area contributed by atoms with E-state index in [0.29, 0.717) is 36.8 Å². The molecule has 4 rings (SSSR count). The molecule has 32 heavy (non-hydrogen) atoms. The molecular formula is C23H30F2N4O3. The highest BCUT2D eigenvalue weighted by Gasteiger charge is 2.38. The molecular weight excluding hydrogens is 418 g/mol. The fraction of sp³-hybridized carbons (Fsp3) is 0.565. The van der Waals surface area contributed by atoms with Crippen molar-refractivity contribution in [3.63, 3.8) is 0 Å². The lowest BCUT2D eigenvalue weighted by molar-refractivity contribution is -0.134. The number of nitrogens with one attached hydrogen (secondary N) is 1. The van der Waals surface area contributed by atoms with Gasteiger partial charge >= 0.3 is 0 Å². The largest absolute Gasteiger partial charge is 0.493 e. The predicted octanol–water partition coefficient (Wildman–Crippen LogP) is 3.82. The van der Waals surface area contributed by atoms with Crippen LogP contribution in [-0.4, -0.2) is 59.9 Å². The van der Waals surface area contributed by atoms with Crippen LogP contribution in [0.4, 0.5) is 14.6 Å². The second-order valence-corrected chi connectivity index (χ2v) is 8.67. The molecule has 1 N–H and O–H groups in total. The van der Waals surface area contributed by atoms with E-state index in [9.17, 15) is 13.6 Å². The normalized spacial score (nSPS) is 21.2. The van der Waals surface area contributed by atoms with Gasteiger partial charge in [-0.1, -0.05) is 6.07 Å². The average molecular weight is 449 g/mol. The molecule has 2 aliphatic rings. The molecule has 2 aliphatic heterocycles. The summed E-state index contributed by atoms with van der Waals surface area (Å²) in [7, 11) is 1.57. The van der Waals surface area contributed by atoms with Gasteiger partial charge in [-0.2, -0.15) is 5.10 Å². The SMILES string of the molecule is COc1cc(C)ccc1OCC(=O)N1CCC([C@@H]2C[C@H](C(F)F)n3nc(C)cc3N2)CC1. The van der Waals surface area contributed by atoms with Crippen molar-refractivity contribution in [2.75, 3.05) is 32.1 Å². The molecule has 3 heterocycles. The van der Waals surface area contributed by atoms with E-state index in [4.69, 9.17) is 9.47 Å². The van der Waals surface area contributed by atoms with E-state index in [1.165, 1.54) is 4.68 Å². The van der Waals surface area contributed by atoms with E-state index in [-0.39, 0.29) is 24.5 Å². The molecule has 0 spiro atoms. The van der Waals surface area contributed by atoms with Crippen LogP contribution in [0.1, 0.15) is 36.6 Å². The highest BCUT2D eigenvalue weighted by molar-refractivity contribution is 5.78. The van der Waals surface area contributed by atoms with Crippen molar-refractivity contribution in [3.05, 3.63) is 35.5 Å². The first-order chi connectivity index (χ1) is 15.4. The molecule has 1 aromatic heterocycles. The van der Waals surface area contributed by atoms with E-state index < -0.39 is 12.5 Å². The van der Waals surface area contributed by atoms with Gasteiger partial charge in [-0.05, 0) is 56.7 Å². The number of aromatic nitrogens is 2. The van der Waals surface area contributed by atoms with Crippen molar-refractivity contribution >= 4 is 11.7 Å². The first kappa shape index (κ1) is 22.4. The summed E-state index contributed by atoms with van der Waals surface area (Å²) in [5.41, 5.74) is 1.77. The number of hydrogen-bond acceptors (Lipinski definition) is 5. The molecule has 9 heteroatoms. The van der Waals surface area contributed by atoms with Crippen LogP contribution in [0.2, 0.25) is 0 Å². The van der Waals surface area contributed by atoms with Gasteiger partial charge in [-0.15, -0.1) is 0 Å². The Morgan fingerprint density at radius 3 is 2.66 bits per heavy atom. The number of anilines is 1. The van der Waals surface area contributed by atoms with E-state index in [1.54, 1.807) is 18.1 Å². The molecule has 0 aliphatic carbocycles. The van der Waals surface area contributed by atoms with Crippen LogP contribution in [-0.2, 0) is 4.79 Å². The zero-order chi connectivity index (χ0) is 22.8. The number of rotatable bonds is 6. The number of carbonyl (C=O) groups excluding carboxylic acids is 1. The highest BCUT2D eigenvalue weighted by Crippen LogP contribution is 2.37. The summed E-state index contributed by atoms with van der Waals surface area (Å²) in [5.74, 6) is 1.94. The lowest BCUT2D eigenvalue weighted by Crippen LogP contribution is -2.47. The summed E-state index contributed by atoms with van der Waals surface area (Å²) in [5, 5.41) is 7.64. The van der Waals surface area contributed by atoms with Crippen LogP contribution < -0.4 is 14.8 Å². The van der Waals surface area contributed by atoms with Crippen molar-refractivity contribution < 1.29 is 23.0 Å². The van der Waals surface area contributed by atoms with Gasteiger partial charge in [0.2, 0.25) is 0 Å². The Bertz CT molecular complexity index is 957. The summed E-state index contributed by atoms with van der Waals surface area (Å²) >= 11 is 0. The summed E-state index contributed by atoms with van der Waals surface area (Å²) in [6.07, 6.45) is -0.600. The van der Waals surface area contributed by atoms with Gasteiger partial charge in [-0.25, -0.2) is 13.5 Å². The minimum Gasteiger partial charge on any atom is -0.493 e. The van der Waals surface area contributed by atoms with E-state index in [0.717, 1.165) is 24.1 Å². The van der Waals surface area contributed by atoms with Crippen LogP contribution in [0.5, 0.6) is 11.5 Å². The summed E-state index contributed by atoms with van der Waals surface area (Å²) in [6, 6.07) is 6.42. The van der Waals surface area contributed by atoms with E-state index in [1.807, 2.05) is 32.0 Å². The van der Waals surface area contributed by atoms with Crippen LogP contribution in [0, 0.1) is 19.8 Å². The number of nitrogens with zero attached hydrogens (tertiary/aromatic N) is 3. The standard InChI is InChI=1S/C23H30F2N4O3/c1-14-4-5-19(20(10-14)31-3)32-13-22(30)28-8-6-16(7-9-28)17-12-18(23(24)25)29-21(26-17)11-15(2)27-29/h4-5,10-11,16-18,23,26H,6-9,12-13H2,1-3H3/t17-,18+/m0/s1. The van der Waals surface area contributed by atoms with E-state index >= 15 is 0 Å². The van der Waals surface area contributed by atoms with Gasteiger partial charge in [0.15, 0.2) is 18.1 Å². The average Bonchev–Trinajstić information content (AvgIpc) is 3.17. The third-order valence-corrected chi connectivity index (χ3v) is 6.42. The quantitative estimate of drug-likeness (QED) is 0.728. The smallest absolute Gasteiger partial charge is 0.260 e. The maximum absolute atomic E-state index is 13.7. The summed E-state index contributed by atoms with van der Waals surface area (Å²) in [4.78, 5) is 14.5. The zero-order valence-electron chi connectivity index (χ0n) is 18.7. The van der Waals surface area contributed by atoms with Crippen molar-refractivity contribution in [1.82, 2.24) is 14.7 Å². The number of fused-ring (bicyclic) bond motifs is 1. The van der Waals surface area contributed by atoms with Gasteiger partial charge in [0.05, 0.1) is 12.8 Å². The number of likely N-dealkylation sites (tertiary alicyclic amines) is 1. The molecule has 1 fully saturated rings. The molecule has 0 saturated carbocycles. The fourth-order valence-electron chi connectivity index (χ4n) is 4.68. The molecule has 2 aromatic rings. The topological polar surface area (TPSA) is 68.6 Å². The molecule has 1 amide bonds. The van der Waals surface area contributed by atoms with Crippen molar-refractivity contribution in [2.45, 2.75) is 51.6 Å². The van der Waals surface area contributed by atoms with Gasteiger partial charge in [0.1, 0.15) is 11.9 Å². The lowest BCUT2D eigenvalue weighted by Gasteiger charge is -2.40. The number of methoxy groups -OCH3 is 1. The second kappa shape index (κ2) is 9.34. The Hall–Kier alpha value is -2.84. The fourth-order valence-corrected chi connectivity index (χ4v) is 4.68. The van der Waals surface area contributed by atoms with Gasteiger partial charge in [-0.3, -0.25) is 4.79 Å². The number of amides is 1. The van der Waals surface area contributed by atoms with Crippen LogP contribution in [0.15, 0.2) is 24.3 Å². The lowest BCUT2D eigenvalue weighted by atomic mass is 9.85. The zero-order valence-corrected chi connectivity index (χ0v) is 18.7. The summed E-state index contributed by atoms with van der Waals surface area (Å²) < 4.78 is 39.8. The molecule has 174 valence electrons. The third kappa shape index (κ3) is 4.66. The number of ether oxygens (including phenoxy) is 2. The van der Waals surface area contributed by atoms with Gasteiger partial charge in [0, 0.05) is 25.2 Å². The molecule has 0 radical (unpaired) electrons. The number of aryl methyl sites for hydroxylation is 2. The molecule has 0 unspecified atom stereocenters. The predicted molar refractivity (Wildman–Crippen MR) is 117 cm³/mol. The Balaban J connectivity index is 1.32. The Morgan fingerprint density at radius 1 is 1.22 bits per heavy atom. The molecule has 2 atom stereocenters. The van der Waals surface area contributed by atoms with Crippen molar-refractivity contribution in [3.8, 4) is 11.5 Å². The van der Waals surface area contributed by atoms with Crippen LogP contribution in [0.25, 0.3) is 0 Å². The van der Waals surface area contributed by atoms with Gasteiger partial charge < -0.3 is 19.7 Å².